The Bertz CT molecular complexity index is 233. The predicted octanol–water partition coefficient (Wildman–Crippen LogP) is 1.75. The number of esters is 1. The zero-order valence-electron chi connectivity index (χ0n) is 9.64. The Labute approximate surface area is 95.4 Å². The van der Waals surface area contributed by atoms with Gasteiger partial charge in [0.25, 0.3) is 0 Å². The summed E-state index contributed by atoms with van der Waals surface area (Å²) in [6.45, 7) is 5.58. The molecule has 0 fully saturated rings. The second kappa shape index (κ2) is 13.2. The Morgan fingerprint density at radius 1 is 1.38 bits per heavy atom. The topological polar surface area (TPSA) is 72.8 Å². The molecule has 0 saturated heterocycles. The highest BCUT2D eigenvalue weighted by atomic mass is 16.5. The Kier molecular flexibility index (Phi) is 13.8. The third-order valence-corrected chi connectivity index (χ3v) is 1.27. The molecule has 0 aliphatic heterocycles. The summed E-state index contributed by atoms with van der Waals surface area (Å²) in [6.07, 6.45) is 4.77. The van der Waals surface area contributed by atoms with Gasteiger partial charge in [-0.1, -0.05) is 19.9 Å². The molecule has 0 aliphatic rings. The van der Waals surface area contributed by atoms with Crippen molar-refractivity contribution in [2.24, 2.45) is 0 Å². The van der Waals surface area contributed by atoms with Gasteiger partial charge in [-0.15, -0.1) is 0 Å². The highest BCUT2D eigenvalue weighted by molar-refractivity contribution is 5.90. The average Bonchev–Trinajstić information content (AvgIpc) is 2.27. The summed E-state index contributed by atoms with van der Waals surface area (Å²) >= 11 is 0. The molecular weight excluding hydrogens is 212 g/mol. The lowest BCUT2D eigenvalue weighted by Crippen LogP contribution is -2.02. The van der Waals surface area contributed by atoms with E-state index in [2.05, 4.69) is 16.1 Å². The predicted molar refractivity (Wildman–Crippen MR) is 59.8 cm³/mol. The minimum Gasteiger partial charge on any atom is -0.505 e. The van der Waals surface area contributed by atoms with E-state index >= 15 is 0 Å². The van der Waals surface area contributed by atoms with E-state index in [9.17, 15) is 9.59 Å². The van der Waals surface area contributed by atoms with Gasteiger partial charge in [0.2, 0.25) is 0 Å². The second-order valence-corrected chi connectivity index (χ2v) is 2.59. The second-order valence-electron chi connectivity index (χ2n) is 2.59. The van der Waals surface area contributed by atoms with Crippen LogP contribution in [-0.2, 0) is 19.1 Å². The molecule has 0 saturated carbocycles. The lowest BCUT2D eigenvalue weighted by molar-refractivity contribution is -0.138. The third kappa shape index (κ3) is 18.1. The fraction of sp³-hybridized carbons (Fsp3) is 0.455. The fourth-order valence-electron chi connectivity index (χ4n) is 0.505. The molecule has 0 radical (unpaired) electrons. The molecule has 0 heterocycles. The highest BCUT2D eigenvalue weighted by Crippen LogP contribution is 1.89. The van der Waals surface area contributed by atoms with Gasteiger partial charge < -0.3 is 14.6 Å². The zero-order valence-corrected chi connectivity index (χ0v) is 9.64. The van der Waals surface area contributed by atoms with Crippen LogP contribution in [0.25, 0.3) is 0 Å². The standard InChI is InChI=1S/C8H12O4.C3H6O/c1-2-3-6-12-8(11)5-4-7(9)10;1-3-4-2/h4-5H,2-3,6H2,1H3,(H,9,10);3H,1H2,2H3/b5-4+;. The molecular formula is C11H18O5. The number of rotatable bonds is 6. The highest BCUT2D eigenvalue weighted by Gasteiger charge is 1.96. The summed E-state index contributed by atoms with van der Waals surface area (Å²) in [5.41, 5.74) is 0. The van der Waals surface area contributed by atoms with Crippen molar-refractivity contribution in [1.29, 1.82) is 0 Å². The molecule has 0 aliphatic carbocycles. The molecule has 0 atom stereocenters. The van der Waals surface area contributed by atoms with Crippen LogP contribution in [0.4, 0.5) is 0 Å². The minimum absolute atomic E-state index is 0.347. The summed E-state index contributed by atoms with van der Waals surface area (Å²) in [5.74, 6) is -1.76. The number of carbonyl (C=O) groups is 2. The van der Waals surface area contributed by atoms with Crippen molar-refractivity contribution in [2.45, 2.75) is 19.8 Å². The van der Waals surface area contributed by atoms with Crippen LogP contribution in [0.5, 0.6) is 0 Å². The molecule has 0 aromatic heterocycles. The third-order valence-electron chi connectivity index (χ3n) is 1.27. The van der Waals surface area contributed by atoms with Crippen molar-refractivity contribution >= 4 is 11.9 Å². The van der Waals surface area contributed by atoms with E-state index in [0.29, 0.717) is 6.61 Å². The quantitative estimate of drug-likeness (QED) is 0.325. The van der Waals surface area contributed by atoms with E-state index in [1.807, 2.05) is 6.92 Å². The maximum absolute atomic E-state index is 10.6. The molecule has 1 N–H and O–H groups in total. The number of methoxy groups -OCH3 is 1. The van der Waals surface area contributed by atoms with Gasteiger partial charge >= 0.3 is 11.9 Å². The van der Waals surface area contributed by atoms with Gasteiger partial charge in [0.15, 0.2) is 0 Å². The van der Waals surface area contributed by atoms with Gasteiger partial charge in [0.1, 0.15) is 0 Å². The van der Waals surface area contributed by atoms with Crippen LogP contribution in [0.3, 0.4) is 0 Å². The monoisotopic (exact) mass is 230 g/mol. The number of hydrogen-bond donors (Lipinski definition) is 1. The minimum atomic E-state index is -1.15. The maximum atomic E-state index is 10.6. The Balaban J connectivity index is 0. The van der Waals surface area contributed by atoms with Crippen molar-refractivity contribution in [1.82, 2.24) is 0 Å². The summed E-state index contributed by atoms with van der Waals surface area (Å²) in [4.78, 5) is 20.6. The van der Waals surface area contributed by atoms with Crippen LogP contribution in [0.15, 0.2) is 25.0 Å². The van der Waals surface area contributed by atoms with Crippen molar-refractivity contribution in [3.63, 3.8) is 0 Å². The number of unbranched alkanes of at least 4 members (excludes halogenated alkanes) is 1. The van der Waals surface area contributed by atoms with Crippen molar-refractivity contribution in [2.75, 3.05) is 13.7 Å². The number of aliphatic carboxylic acids is 1. The molecule has 16 heavy (non-hydrogen) atoms. The van der Waals surface area contributed by atoms with Crippen LogP contribution in [0, 0.1) is 0 Å². The van der Waals surface area contributed by atoms with Crippen LogP contribution in [0.1, 0.15) is 19.8 Å². The zero-order chi connectivity index (χ0) is 12.8. The Hall–Kier alpha value is -1.78. The Morgan fingerprint density at radius 2 is 1.94 bits per heavy atom. The fourth-order valence-corrected chi connectivity index (χ4v) is 0.505. The molecule has 92 valence electrons. The summed E-state index contributed by atoms with van der Waals surface area (Å²) in [5, 5.41) is 8.14. The first kappa shape index (κ1) is 16.6. The number of carboxylic acid groups (broad SMARTS) is 1. The van der Waals surface area contributed by atoms with Gasteiger partial charge in [-0.2, -0.15) is 0 Å². The normalized spacial score (nSPS) is 8.88. The molecule has 5 heteroatoms. The smallest absolute Gasteiger partial charge is 0.331 e. The molecule has 5 nitrogen and oxygen atoms in total. The molecule has 0 unspecified atom stereocenters. The van der Waals surface area contributed by atoms with Crippen molar-refractivity contribution in [3.05, 3.63) is 25.0 Å². The Morgan fingerprint density at radius 3 is 2.31 bits per heavy atom. The summed E-state index contributed by atoms with van der Waals surface area (Å²) in [6, 6.07) is 0. The van der Waals surface area contributed by atoms with Crippen LogP contribution in [0.2, 0.25) is 0 Å². The molecule has 0 bridgehead atoms. The van der Waals surface area contributed by atoms with E-state index in [4.69, 9.17) is 5.11 Å². The first-order valence-electron chi connectivity index (χ1n) is 4.79. The largest absolute Gasteiger partial charge is 0.505 e. The lowest BCUT2D eigenvalue weighted by atomic mass is 10.4. The van der Waals surface area contributed by atoms with Crippen LogP contribution in [-0.4, -0.2) is 30.8 Å². The molecule has 0 spiro atoms. The molecule has 0 aromatic carbocycles. The number of ether oxygens (including phenoxy) is 2. The van der Waals surface area contributed by atoms with Gasteiger partial charge in [0, 0.05) is 12.2 Å². The summed E-state index contributed by atoms with van der Waals surface area (Å²) < 4.78 is 8.95. The van der Waals surface area contributed by atoms with E-state index in [1.165, 1.54) is 6.26 Å². The van der Waals surface area contributed by atoms with E-state index in [-0.39, 0.29) is 0 Å². The maximum Gasteiger partial charge on any atom is 0.331 e. The molecule has 0 rings (SSSR count). The van der Waals surface area contributed by atoms with Crippen molar-refractivity contribution in [3.8, 4) is 0 Å². The van der Waals surface area contributed by atoms with Crippen LogP contribution >= 0.6 is 0 Å². The van der Waals surface area contributed by atoms with Gasteiger partial charge in [-0.3, -0.25) is 0 Å². The van der Waals surface area contributed by atoms with Crippen molar-refractivity contribution < 1.29 is 24.2 Å². The van der Waals surface area contributed by atoms with E-state index in [0.717, 1.165) is 25.0 Å². The number of hydrogen-bond acceptors (Lipinski definition) is 4. The first-order chi connectivity index (χ1) is 7.58. The SMILES string of the molecule is C=COC.CCCCOC(=O)/C=C/C(=O)O. The van der Waals surface area contributed by atoms with Gasteiger partial charge in [-0.05, 0) is 6.42 Å². The summed E-state index contributed by atoms with van der Waals surface area (Å²) in [7, 11) is 1.56. The van der Waals surface area contributed by atoms with E-state index < -0.39 is 11.9 Å². The van der Waals surface area contributed by atoms with Gasteiger partial charge in [-0.25, -0.2) is 9.59 Å². The van der Waals surface area contributed by atoms with Crippen LogP contribution < -0.4 is 0 Å². The molecule has 0 amide bonds. The lowest BCUT2D eigenvalue weighted by Gasteiger charge is -1.97. The average molecular weight is 230 g/mol. The number of carbonyl (C=O) groups excluding carboxylic acids is 1. The van der Waals surface area contributed by atoms with E-state index in [1.54, 1.807) is 7.11 Å². The molecule has 0 aromatic rings. The number of carboxylic acids is 1. The van der Waals surface area contributed by atoms with Gasteiger partial charge in [0.05, 0.1) is 20.0 Å². The first-order valence-corrected chi connectivity index (χ1v) is 4.79.